The smallest absolute Gasteiger partial charge is 0.303 e. The SMILES string of the molecule is CC(=O)OCC(=O)[C@H]1CC[C@H]2[C@@H]3C[C@H]4OC[C@@]5(CCC(=O)C[C@]45Br)[C@H]3CC[C@]12C. The van der Waals surface area contributed by atoms with E-state index in [2.05, 4.69) is 22.9 Å². The van der Waals surface area contributed by atoms with E-state index in [1.54, 1.807) is 0 Å². The minimum atomic E-state index is -0.387. The summed E-state index contributed by atoms with van der Waals surface area (Å²) in [6, 6.07) is 0. The Labute approximate surface area is 180 Å². The van der Waals surface area contributed by atoms with Crippen molar-refractivity contribution in [2.45, 2.75) is 75.6 Å². The molecule has 5 fully saturated rings. The van der Waals surface area contributed by atoms with E-state index >= 15 is 0 Å². The van der Waals surface area contributed by atoms with E-state index in [0.29, 0.717) is 36.4 Å². The lowest BCUT2D eigenvalue weighted by atomic mass is 9.44. The molecule has 8 atom stereocenters. The monoisotopic (exact) mass is 466 g/mol. The molecule has 6 heteroatoms. The van der Waals surface area contributed by atoms with Crippen molar-refractivity contribution in [2.24, 2.45) is 34.5 Å². The number of esters is 1. The van der Waals surface area contributed by atoms with Crippen LogP contribution in [0.25, 0.3) is 0 Å². The van der Waals surface area contributed by atoms with Crippen molar-refractivity contribution in [3.63, 3.8) is 0 Å². The molecule has 2 bridgehead atoms. The van der Waals surface area contributed by atoms with Crippen LogP contribution in [0, 0.1) is 34.5 Å². The molecule has 1 heterocycles. The van der Waals surface area contributed by atoms with Gasteiger partial charge in [-0.05, 0) is 61.7 Å². The fraction of sp³-hybridized carbons (Fsp3) is 0.870. The van der Waals surface area contributed by atoms with E-state index in [1.165, 1.54) is 6.92 Å². The molecule has 29 heavy (non-hydrogen) atoms. The van der Waals surface area contributed by atoms with Gasteiger partial charge in [-0.15, -0.1) is 0 Å². The first kappa shape index (κ1) is 20.2. The van der Waals surface area contributed by atoms with Gasteiger partial charge < -0.3 is 9.47 Å². The topological polar surface area (TPSA) is 69.7 Å². The highest BCUT2D eigenvalue weighted by molar-refractivity contribution is 9.10. The molecule has 0 aromatic heterocycles. The minimum Gasteiger partial charge on any atom is -0.458 e. The maximum atomic E-state index is 12.9. The maximum Gasteiger partial charge on any atom is 0.303 e. The summed E-state index contributed by atoms with van der Waals surface area (Å²) in [5.41, 5.74) is 0.0565. The number of ketones is 2. The van der Waals surface area contributed by atoms with E-state index in [0.717, 1.165) is 45.1 Å². The predicted octanol–water partition coefficient (Wildman–Crippen LogP) is 3.85. The largest absolute Gasteiger partial charge is 0.458 e. The quantitative estimate of drug-likeness (QED) is 0.466. The Balaban J connectivity index is 1.42. The molecule has 0 aromatic carbocycles. The van der Waals surface area contributed by atoms with Crippen LogP contribution in [0.1, 0.15) is 65.2 Å². The van der Waals surface area contributed by atoms with Crippen molar-refractivity contribution in [2.75, 3.05) is 13.2 Å². The summed E-state index contributed by atoms with van der Waals surface area (Å²) in [5, 5.41) is 0. The first-order valence-electron chi connectivity index (χ1n) is 11.2. The predicted molar refractivity (Wildman–Crippen MR) is 109 cm³/mol. The van der Waals surface area contributed by atoms with E-state index in [9.17, 15) is 14.4 Å². The van der Waals surface area contributed by atoms with Crippen LogP contribution in [0.5, 0.6) is 0 Å². The van der Waals surface area contributed by atoms with Gasteiger partial charge in [0, 0.05) is 31.1 Å². The average Bonchev–Trinajstić information content (AvgIpc) is 3.08. The van der Waals surface area contributed by atoms with Crippen LogP contribution in [-0.2, 0) is 23.9 Å². The standard InChI is InChI=1S/C23H31BrO5/c1-13(25)28-11-19(27)18-4-3-16-15-9-20-23(24)10-14(26)5-8-22(23,12-29-20)17(15)6-7-21(16,18)2/h15-18,20H,3-12H2,1-2H3/t15-,16-,17-,18+,20+,21-,22-,23-/m0/s1. The zero-order valence-electron chi connectivity index (χ0n) is 17.4. The van der Waals surface area contributed by atoms with E-state index in [4.69, 9.17) is 9.47 Å². The highest BCUT2D eigenvalue weighted by Gasteiger charge is 2.72. The third-order valence-electron chi connectivity index (χ3n) is 9.62. The second kappa shape index (κ2) is 6.62. The van der Waals surface area contributed by atoms with Gasteiger partial charge in [0.05, 0.1) is 17.0 Å². The molecular weight excluding hydrogens is 436 g/mol. The number of carbonyl (C=O) groups excluding carboxylic acids is 3. The normalized spacial score (nSPS) is 50.4. The Bertz CT molecular complexity index is 766. The molecule has 0 N–H and O–H groups in total. The zero-order chi connectivity index (χ0) is 20.6. The van der Waals surface area contributed by atoms with Crippen LogP contribution < -0.4 is 0 Å². The summed E-state index contributed by atoms with van der Waals surface area (Å²) >= 11 is 4.07. The van der Waals surface area contributed by atoms with Gasteiger partial charge in [0.1, 0.15) is 12.4 Å². The Kier molecular flexibility index (Phi) is 4.61. The van der Waals surface area contributed by atoms with Crippen LogP contribution in [0.15, 0.2) is 0 Å². The highest BCUT2D eigenvalue weighted by Crippen LogP contribution is 2.72. The van der Waals surface area contributed by atoms with Crippen molar-refractivity contribution >= 4 is 33.5 Å². The first-order chi connectivity index (χ1) is 13.7. The third kappa shape index (κ3) is 2.63. The fourth-order valence-electron chi connectivity index (χ4n) is 8.34. The second-order valence-electron chi connectivity index (χ2n) is 10.6. The molecule has 0 radical (unpaired) electrons. The Morgan fingerprint density at radius 2 is 2.00 bits per heavy atom. The van der Waals surface area contributed by atoms with Crippen molar-refractivity contribution in [3.8, 4) is 0 Å². The summed E-state index contributed by atoms with van der Waals surface area (Å²) in [6.45, 7) is 4.35. The molecular formula is C23H31BrO5. The van der Waals surface area contributed by atoms with Gasteiger partial charge in [-0.25, -0.2) is 0 Å². The molecule has 1 saturated heterocycles. The fourth-order valence-corrected chi connectivity index (χ4v) is 9.58. The summed E-state index contributed by atoms with van der Waals surface area (Å²) < 4.78 is 11.2. The van der Waals surface area contributed by atoms with Gasteiger partial charge in [0.2, 0.25) is 0 Å². The number of hydrogen-bond acceptors (Lipinski definition) is 5. The number of hydrogen-bond donors (Lipinski definition) is 0. The van der Waals surface area contributed by atoms with Gasteiger partial charge in [0.25, 0.3) is 0 Å². The van der Waals surface area contributed by atoms with Crippen LogP contribution in [-0.4, -0.2) is 41.2 Å². The molecule has 4 saturated carbocycles. The molecule has 4 aliphatic carbocycles. The molecule has 0 amide bonds. The van der Waals surface area contributed by atoms with Crippen molar-refractivity contribution in [3.05, 3.63) is 0 Å². The molecule has 5 aliphatic rings. The number of halogens is 1. The van der Waals surface area contributed by atoms with Crippen LogP contribution in [0.3, 0.4) is 0 Å². The third-order valence-corrected chi connectivity index (χ3v) is 11.2. The van der Waals surface area contributed by atoms with E-state index in [-0.39, 0.29) is 45.5 Å². The molecule has 1 aliphatic heterocycles. The van der Waals surface area contributed by atoms with Crippen LogP contribution in [0.2, 0.25) is 0 Å². The number of alkyl halides is 1. The van der Waals surface area contributed by atoms with Crippen LogP contribution in [0.4, 0.5) is 0 Å². The van der Waals surface area contributed by atoms with Gasteiger partial charge >= 0.3 is 5.97 Å². The van der Waals surface area contributed by atoms with Crippen molar-refractivity contribution < 1.29 is 23.9 Å². The van der Waals surface area contributed by atoms with Gasteiger partial charge in [0.15, 0.2) is 5.78 Å². The lowest BCUT2D eigenvalue weighted by Gasteiger charge is -2.61. The molecule has 0 spiro atoms. The molecule has 5 rings (SSSR count). The number of Topliss-reactive ketones (excluding diaryl/α,β-unsaturated/α-hetero) is 2. The van der Waals surface area contributed by atoms with Crippen molar-refractivity contribution in [1.29, 1.82) is 0 Å². The van der Waals surface area contributed by atoms with Gasteiger partial charge in [-0.3, -0.25) is 14.4 Å². The van der Waals surface area contributed by atoms with Gasteiger partial charge in [-0.2, -0.15) is 0 Å². The summed E-state index contributed by atoms with van der Waals surface area (Å²) in [5.74, 6) is 1.71. The maximum absolute atomic E-state index is 12.9. The summed E-state index contributed by atoms with van der Waals surface area (Å²) in [7, 11) is 0. The Morgan fingerprint density at radius 1 is 1.21 bits per heavy atom. The minimum absolute atomic E-state index is 0.00698. The summed E-state index contributed by atoms with van der Waals surface area (Å²) in [4.78, 5) is 36.3. The molecule has 0 unspecified atom stereocenters. The molecule has 5 nitrogen and oxygen atoms in total. The van der Waals surface area contributed by atoms with Crippen LogP contribution >= 0.6 is 15.9 Å². The number of carbonyl (C=O) groups is 3. The number of fused-ring (bicyclic) bond motifs is 3. The lowest BCUT2D eigenvalue weighted by Crippen LogP contribution is -2.63. The van der Waals surface area contributed by atoms with E-state index < -0.39 is 0 Å². The highest BCUT2D eigenvalue weighted by atomic mass is 79.9. The molecule has 0 aromatic rings. The molecule has 160 valence electrons. The summed E-state index contributed by atoms with van der Waals surface area (Å²) in [6.07, 6.45) is 7.44. The average molecular weight is 467 g/mol. The Morgan fingerprint density at radius 3 is 2.76 bits per heavy atom. The number of rotatable bonds is 3. The zero-order valence-corrected chi connectivity index (χ0v) is 19.0. The first-order valence-corrected chi connectivity index (χ1v) is 12.0. The van der Waals surface area contributed by atoms with E-state index in [1.807, 2.05) is 0 Å². The lowest BCUT2D eigenvalue weighted by molar-refractivity contribution is -0.150. The second-order valence-corrected chi connectivity index (χ2v) is 12.0. The number of ether oxygens (including phenoxy) is 2. The van der Waals surface area contributed by atoms with Crippen molar-refractivity contribution in [1.82, 2.24) is 0 Å². The Hall–Kier alpha value is -0.750. The van der Waals surface area contributed by atoms with Gasteiger partial charge in [-0.1, -0.05) is 22.9 Å².